The van der Waals surface area contributed by atoms with E-state index in [0.717, 1.165) is 6.07 Å². The molecule has 0 amide bonds. The summed E-state index contributed by atoms with van der Waals surface area (Å²) in [7, 11) is 0. The number of carbonyl (C=O) groups excluding carboxylic acids is 1. The zero-order chi connectivity index (χ0) is 24.6. The summed E-state index contributed by atoms with van der Waals surface area (Å²) in [6.07, 6.45) is -12.0. The van der Waals surface area contributed by atoms with Gasteiger partial charge >= 0.3 is 18.3 Å². The summed E-state index contributed by atoms with van der Waals surface area (Å²) in [6, 6.07) is 11.8. The minimum Gasteiger partial charge on any atom is -0.446 e. The van der Waals surface area contributed by atoms with Gasteiger partial charge in [0.15, 0.2) is 0 Å². The number of hydrogen-bond acceptors (Lipinski definition) is 4. The number of para-hydroxylation sites is 1. The first-order valence-corrected chi connectivity index (χ1v) is 10.0. The van der Waals surface area contributed by atoms with Crippen molar-refractivity contribution < 1.29 is 40.6 Å². The van der Waals surface area contributed by atoms with Gasteiger partial charge in [0.05, 0.1) is 11.6 Å². The second-order valence-electron chi connectivity index (χ2n) is 8.01. The summed E-state index contributed by atoms with van der Waals surface area (Å²) in [6.45, 7) is 2.88. The van der Waals surface area contributed by atoms with E-state index >= 15 is 0 Å². The number of ether oxygens (including phenoxy) is 2. The molecule has 1 aromatic carbocycles. The fourth-order valence-corrected chi connectivity index (χ4v) is 3.55. The number of nitrogens with zero attached hydrogens (tertiary/aromatic N) is 1. The molecule has 2 aromatic rings. The molecule has 1 fully saturated rings. The van der Waals surface area contributed by atoms with Crippen LogP contribution in [0.4, 0.5) is 26.3 Å². The van der Waals surface area contributed by atoms with Crippen LogP contribution in [-0.4, -0.2) is 23.3 Å². The molecule has 0 saturated heterocycles. The molecule has 3 rings (SSSR count). The Morgan fingerprint density at radius 3 is 2.27 bits per heavy atom. The minimum atomic E-state index is -5.03. The minimum absolute atomic E-state index is 0.159. The van der Waals surface area contributed by atoms with Crippen molar-refractivity contribution in [2.24, 2.45) is 17.3 Å². The first kappa shape index (κ1) is 24.9. The molecule has 0 bridgehead atoms. The highest BCUT2D eigenvalue weighted by atomic mass is 35.5. The van der Waals surface area contributed by atoms with Crippen molar-refractivity contribution in [1.82, 2.24) is 4.98 Å². The van der Waals surface area contributed by atoms with Gasteiger partial charge in [0.1, 0.15) is 10.8 Å². The highest BCUT2D eigenvalue weighted by Crippen LogP contribution is 2.61. The number of benzene rings is 1. The Morgan fingerprint density at radius 2 is 1.70 bits per heavy atom. The molecule has 4 nitrogen and oxygen atoms in total. The molecule has 0 aliphatic heterocycles. The third-order valence-electron chi connectivity index (χ3n) is 5.27. The summed E-state index contributed by atoms with van der Waals surface area (Å²) in [5.74, 6) is -3.39. The molecule has 0 spiro atoms. The number of pyridine rings is 1. The van der Waals surface area contributed by atoms with Gasteiger partial charge in [-0.3, -0.25) is 4.79 Å². The number of hydrogen-bond donors (Lipinski definition) is 0. The van der Waals surface area contributed by atoms with Crippen LogP contribution in [0.5, 0.6) is 11.6 Å². The normalized spacial score (nSPS) is 21.3. The summed E-state index contributed by atoms with van der Waals surface area (Å²) in [4.78, 5) is 16.3. The standard InChI is InChI=1S/C22H18ClF6NO3/c1-20(2)13(11-15(23)21(24,25)26)17(20)19(31)33-18(22(27,28)29)14-9-6-10-16(30-14)32-12-7-4-3-5-8-12/h3-11,13,17-18H,1-2H3/t13-,17+,18?/m1/s1. The molecule has 178 valence electrons. The molecule has 11 heteroatoms. The van der Waals surface area contributed by atoms with E-state index in [9.17, 15) is 31.1 Å². The van der Waals surface area contributed by atoms with Crippen LogP contribution < -0.4 is 4.74 Å². The van der Waals surface area contributed by atoms with Crippen molar-refractivity contribution >= 4 is 17.6 Å². The van der Waals surface area contributed by atoms with Crippen molar-refractivity contribution in [2.75, 3.05) is 0 Å². The monoisotopic (exact) mass is 493 g/mol. The van der Waals surface area contributed by atoms with Crippen molar-refractivity contribution in [1.29, 1.82) is 0 Å². The fraction of sp³-hybridized carbons (Fsp3) is 0.364. The average molecular weight is 494 g/mol. The molecule has 1 aliphatic rings. The number of esters is 1. The van der Waals surface area contributed by atoms with Crippen LogP contribution in [0.15, 0.2) is 59.6 Å². The summed E-state index contributed by atoms with van der Waals surface area (Å²) >= 11 is 5.23. The van der Waals surface area contributed by atoms with Gasteiger partial charge in [0.25, 0.3) is 0 Å². The molecule has 1 unspecified atom stereocenters. The molecule has 1 aromatic heterocycles. The Balaban J connectivity index is 1.81. The van der Waals surface area contributed by atoms with Crippen molar-refractivity contribution in [3.05, 3.63) is 65.3 Å². The van der Waals surface area contributed by atoms with E-state index < -0.39 is 52.4 Å². The Hall–Kier alpha value is -2.75. The van der Waals surface area contributed by atoms with Crippen LogP contribution in [0.25, 0.3) is 0 Å². The van der Waals surface area contributed by atoms with Crippen LogP contribution in [0.2, 0.25) is 0 Å². The molecule has 0 radical (unpaired) electrons. The zero-order valence-electron chi connectivity index (χ0n) is 17.2. The van der Waals surface area contributed by atoms with E-state index in [1.165, 1.54) is 26.0 Å². The summed E-state index contributed by atoms with van der Waals surface area (Å²) in [5, 5.41) is -1.45. The number of halogens is 7. The molecule has 1 heterocycles. The zero-order valence-corrected chi connectivity index (χ0v) is 18.0. The number of carbonyl (C=O) groups is 1. The van der Waals surface area contributed by atoms with Gasteiger partial charge in [-0.1, -0.05) is 55.8 Å². The number of aromatic nitrogens is 1. The predicted octanol–water partition coefficient (Wildman–Crippen LogP) is 6.98. The smallest absolute Gasteiger partial charge is 0.431 e. The van der Waals surface area contributed by atoms with Crippen LogP contribution >= 0.6 is 11.6 Å². The van der Waals surface area contributed by atoms with E-state index in [4.69, 9.17) is 21.1 Å². The number of allylic oxidation sites excluding steroid dienone is 2. The first-order chi connectivity index (χ1) is 15.2. The number of rotatable bonds is 6. The quantitative estimate of drug-likeness (QED) is 0.322. The third kappa shape index (κ3) is 5.79. The molecular weight excluding hydrogens is 476 g/mol. The predicted molar refractivity (Wildman–Crippen MR) is 106 cm³/mol. The Bertz CT molecular complexity index is 1040. The molecule has 1 aliphatic carbocycles. The summed E-state index contributed by atoms with van der Waals surface area (Å²) < 4.78 is 89.5. The van der Waals surface area contributed by atoms with Gasteiger partial charge < -0.3 is 9.47 Å². The van der Waals surface area contributed by atoms with Gasteiger partial charge in [-0.25, -0.2) is 4.98 Å². The Labute approximate surface area is 190 Å². The lowest BCUT2D eigenvalue weighted by atomic mass is 10.1. The fourth-order valence-electron chi connectivity index (χ4n) is 3.42. The average Bonchev–Trinajstić information content (AvgIpc) is 3.25. The number of alkyl halides is 6. The third-order valence-corrected chi connectivity index (χ3v) is 5.61. The second-order valence-corrected chi connectivity index (χ2v) is 8.42. The van der Waals surface area contributed by atoms with Crippen molar-refractivity contribution in [3.8, 4) is 11.6 Å². The Kier molecular flexibility index (Phi) is 6.70. The maximum Gasteiger partial charge on any atom is 0.431 e. The first-order valence-electron chi connectivity index (χ1n) is 9.63. The van der Waals surface area contributed by atoms with E-state index in [0.29, 0.717) is 11.8 Å². The maximum atomic E-state index is 13.7. The van der Waals surface area contributed by atoms with E-state index in [-0.39, 0.29) is 5.88 Å². The van der Waals surface area contributed by atoms with Crippen LogP contribution in [0.3, 0.4) is 0 Å². The van der Waals surface area contributed by atoms with Gasteiger partial charge in [-0.2, -0.15) is 26.3 Å². The molecule has 3 atom stereocenters. The topological polar surface area (TPSA) is 48.4 Å². The van der Waals surface area contributed by atoms with Gasteiger partial charge in [0, 0.05) is 6.07 Å². The highest BCUT2D eigenvalue weighted by molar-refractivity contribution is 6.30. The molecular formula is C22H18ClF6NO3. The lowest BCUT2D eigenvalue weighted by Crippen LogP contribution is -2.28. The van der Waals surface area contributed by atoms with E-state index in [1.54, 1.807) is 30.3 Å². The van der Waals surface area contributed by atoms with Gasteiger partial charge in [-0.15, -0.1) is 0 Å². The van der Waals surface area contributed by atoms with E-state index in [2.05, 4.69) is 4.98 Å². The maximum absolute atomic E-state index is 13.7. The van der Waals surface area contributed by atoms with Crippen molar-refractivity contribution in [3.63, 3.8) is 0 Å². The van der Waals surface area contributed by atoms with Gasteiger partial charge in [-0.05, 0) is 29.5 Å². The van der Waals surface area contributed by atoms with Crippen LogP contribution in [0.1, 0.15) is 25.6 Å². The molecule has 1 saturated carbocycles. The summed E-state index contributed by atoms with van der Waals surface area (Å²) in [5.41, 5.74) is -1.70. The van der Waals surface area contributed by atoms with Gasteiger partial charge in [0.2, 0.25) is 12.0 Å². The van der Waals surface area contributed by atoms with Crippen LogP contribution in [-0.2, 0) is 9.53 Å². The largest absolute Gasteiger partial charge is 0.446 e. The van der Waals surface area contributed by atoms with Crippen molar-refractivity contribution in [2.45, 2.75) is 32.3 Å². The lowest BCUT2D eigenvalue weighted by Gasteiger charge is -2.21. The second kappa shape index (κ2) is 8.89. The molecule has 0 N–H and O–H groups in total. The molecule has 33 heavy (non-hydrogen) atoms. The highest BCUT2D eigenvalue weighted by Gasteiger charge is 2.63. The SMILES string of the molecule is CC1(C)[C@H](C=C(Cl)C(F)(F)F)[C@H]1C(=O)OC(c1cccc(Oc2ccccc2)n1)C(F)(F)F. The lowest BCUT2D eigenvalue weighted by molar-refractivity contribution is -0.226. The Morgan fingerprint density at radius 1 is 1.06 bits per heavy atom. The van der Waals surface area contributed by atoms with Crippen LogP contribution in [0, 0.1) is 17.3 Å². The van der Waals surface area contributed by atoms with E-state index in [1.807, 2.05) is 0 Å².